The summed E-state index contributed by atoms with van der Waals surface area (Å²) in [7, 11) is -0.108. The van der Waals surface area contributed by atoms with E-state index in [2.05, 4.69) is 6.26 Å². The van der Waals surface area contributed by atoms with Crippen molar-refractivity contribution in [2.45, 2.75) is 54.3 Å². The van der Waals surface area contributed by atoms with Crippen LogP contribution in [0.1, 0.15) is 54.9 Å². The first-order chi connectivity index (χ1) is 33.9. The molecule has 28 heteroatoms. The summed E-state index contributed by atoms with van der Waals surface area (Å²) in [5.74, 6) is 0.714. The normalized spacial score (nSPS) is 13.8. The largest absolute Gasteiger partial charge is 0.416 e. The number of rotatable bonds is 8. The molecule has 404 valence electrons. The van der Waals surface area contributed by atoms with Crippen molar-refractivity contribution in [3.63, 3.8) is 0 Å². The molecule has 0 amide bonds. The Bertz CT molecular complexity index is 2580. The number of benzene rings is 6. The van der Waals surface area contributed by atoms with E-state index in [0.717, 1.165) is 15.5 Å². The molecular formula is C47H26BClF24OS. The standard InChI is InChI=1S/C32H12BF24.C15H14ClOS/c34-25(35,36)13-1-14(26(37,38)39)6-21(5-13)33(22-7-15(27(40,41)42)2-16(8-22)28(43,44)45,23-9-17(29(46,47)48)3-18(10-23)30(49,50)51)24-11-19(31(52,53)54)4-20(12-24)32(55,56)57;1-18(14-9-5-8-13(16)10-14)11-15(17)12-6-3-2-4-7-12/h1-12H;2-10H,11H2,1H3/q-1;+1. The van der Waals surface area contributed by atoms with Gasteiger partial charge in [0.15, 0.2) is 10.6 Å². The highest BCUT2D eigenvalue weighted by Gasteiger charge is 2.47. The summed E-state index contributed by atoms with van der Waals surface area (Å²) in [5, 5.41) is 0.721. The molecule has 1 atom stereocenters. The third kappa shape index (κ3) is 14.3. The van der Waals surface area contributed by atoms with E-state index in [1.807, 2.05) is 54.6 Å². The number of carbonyl (C=O) groups excluding carboxylic acids is 1. The van der Waals surface area contributed by atoms with Gasteiger partial charge in [0.25, 0.3) is 0 Å². The number of ketones is 1. The van der Waals surface area contributed by atoms with E-state index in [-0.39, 0.29) is 16.7 Å². The lowest BCUT2D eigenvalue weighted by atomic mass is 9.12. The Morgan fingerprint density at radius 3 is 0.853 bits per heavy atom. The van der Waals surface area contributed by atoms with Crippen LogP contribution in [0.3, 0.4) is 0 Å². The van der Waals surface area contributed by atoms with E-state index in [0.29, 0.717) is 5.75 Å². The molecule has 0 bridgehead atoms. The van der Waals surface area contributed by atoms with Crippen LogP contribution >= 0.6 is 11.6 Å². The van der Waals surface area contributed by atoms with E-state index in [4.69, 9.17) is 11.6 Å². The van der Waals surface area contributed by atoms with Gasteiger partial charge in [-0.05, 0) is 36.4 Å². The highest BCUT2D eigenvalue weighted by atomic mass is 35.5. The molecule has 0 fully saturated rings. The first kappa shape index (κ1) is 59.9. The smallest absolute Gasteiger partial charge is 0.289 e. The van der Waals surface area contributed by atoms with Crippen LogP contribution in [0.5, 0.6) is 0 Å². The van der Waals surface area contributed by atoms with Gasteiger partial charge in [-0.2, -0.15) is 127 Å². The van der Waals surface area contributed by atoms with Crippen LogP contribution in [0.25, 0.3) is 0 Å². The van der Waals surface area contributed by atoms with Gasteiger partial charge < -0.3 is 0 Å². The average Bonchev–Trinajstić information content (AvgIpc) is 3.27. The molecule has 0 spiro atoms. The molecule has 0 radical (unpaired) electrons. The molecule has 6 aromatic carbocycles. The molecule has 0 aromatic heterocycles. The van der Waals surface area contributed by atoms with Gasteiger partial charge in [-0.25, -0.2) is 0 Å². The van der Waals surface area contributed by atoms with Crippen LogP contribution in [0.2, 0.25) is 5.02 Å². The molecule has 0 N–H and O–H groups in total. The fourth-order valence-corrected chi connectivity index (χ4v) is 9.36. The zero-order valence-corrected chi connectivity index (χ0v) is 38.2. The number of hydrogen-bond acceptors (Lipinski definition) is 1. The van der Waals surface area contributed by atoms with Crippen LogP contribution < -0.4 is 21.9 Å². The Balaban J connectivity index is 0.000000483. The van der Waals surface area contributed by atoms with E-state index in [1.165, 1.54) is 0 Å². The van der Waals surface area contributed by atoms with Crippen molar-refractivity contribution in [3.05, 3.63) is 182 Å². The van der Waals surface area contributed by atoms with Crippen LogP contribution in [-0.2, 0) is 60.3 Å². The van der Waals surface area contributed by atoms with Crippen molar-refractivity contribution in [1.82, 2.24) is 0 Å². The Kier molecular flexibility index (Phi) is 16.7. The first-order valence-electron chi connectivity index (χ1n) is 20.2. The molecule has 1 unspecified atom stereocenters. The van der Waals surface area contributed by atoms with Crippen LogP contribution in [0.15, 0.2) is 132 Å². The second-order valence-corrected chi connectivity index (χ2v) is 18.7. The van der Waals surface area contributed by atoms with E-state index in [9.17, 15) is 110 Å². The minimum absolute atomic E-state index is 0.108. The first-order valence-corrected chi connectivity index (χ1v) is 22.4. The van der Waals surface area contributed by atoms with Gasteiger partial charge >= 0.3 is 49.4 Å². The minimum Gasteiger partial charge on any atom is -0.289 e. The Morgan fingerprint density at radius 1 is 0.373 bits per heavy atom. The van der Waals surface area contributed by atoms with Crippen molar-refractivity contribution >= 4 is 56.3 Å². The van der Waals surface area contributed by atoms with Crippen molar-refractivity contribution in [2.24, 2.45) is 0 Å². The highest BCUT2D eigenvalue weighted by Crippen LogP contribution is 2.41. The Hall–Kier alpha value is -5.99. The number of alkyl halides is 24. The monoisotopic (exact) mass is 1140 g/mol. The van der Waals surface area contributed by atoms with Gasteiger partial charge in [0.2, 0.25) is 5.78 Å². The van der Waals surface area contributed by atoms with E-state index in [1.54, 1.807) is 0 Å². The second kappa shape index (κ2) is 20.9. The topological polar surface area (TPSA) is 17.1 Å². The van der Waals surface area contributed by atoms with Crippen LogP contribution in [0.4, 0.5) is 105 Å². The molecule has 0 aliphatic heterocycles. The summed E-state index contributed by atoms with van der Waals surface area (Å²) in [5.41, 5.74) is -29.4. The van der Waals surface area contributed by atoms with Gasteiger partial charge in [-0.1, -0.05) is 96.5 Å². The fourth-order valence-electron chi connectivity index (χ4n) is 7.74. The zero-order chi connectivity index (χ0) is 56.9. The number of hydrogen-bond donors (Lipinski definition) is 0. The summed E-state index contributed by atoms with van der Waals surface area (Å²) in [4.78, 5) is 13.2. The van der Waals surface area contributed by atoms with Gasteiger partial charge in [0, 0.05) is 27.5 Å². The average molecular weight is 1140 g/mol. The zero-order valence-electron chi connectivity index (χ0n) is 36.7. The number of halogens is 25. The lowest BCUT2D eigenvalue weighted by Gasteiger charge is -2.46. The molecule has 6 aromatic rings. The van der Waals surface area contributed by atoms with Crippen molar-refractivity contribution in [3.8, 4) is 0 Å². The molecule has 1 nitrogen and oxygen atoms in total. The lowest BCUT2D eigenvalue weighted by Crippen LogP contribution is -2.75. The Morgan fingerprint density at radius 2 is 0.627 bits per heavy atom. The van der Waals surface area contributed by atoms with Crippen LogP contribution in [0, 0.1) is 0 Å². The van der Waals surface area contributed by atoms with Crippen LogP contribution in [-0.4, -0.2) is 23.9 Å². The van der Waals surface area contributed by atoms with Gasteiger partial charge in [0.1, 0.15) is 12.4 Å². The molecule has 0 heterocycles. The number of carbonyl (C=O) groups is 1. The summed E-state index contributed by atoms with van der Waals surface area (Å²) in [6.07, 6.45) is -52.7. The quantitative estimate of drug-likeness (QED) is 0.0642. The third-order valence-electron chi connectivity index (χ3n) is 11.1. The molecule has 6 rings (SSSR count). The highest BCUT2D eigenvalue weighted by molar-refractivity contribution is 7.96. The van der Waals surface area contributed by atoms with Crippen molar-refractivity contribution in [1.29, 1.82) is 0 Å². The van der Waals surface area contributed by atoms with Gasteiger partial charge in [0.05, 0.1) is 44.5 Å². The molecule has 0 saturated carbocycles. The van der Waals surface area contributed by atoms with E-state index < -0.39 is 195 Å². The predicted molar refractivity (Wildman–Crippen MR) is 229 cm³/mol. The third-order valence-corrected chi connectivity index (χ3v) is 13.1. The molecule has 0 saturated heterocycles. The second-order valence-electron chi connectivity index (χ2n) is 16.3. The predicted octanol–water partition coefficient (Wildman–Crippen LogP) is 15.0. The van der Waals surface area contributed by atoms with Crippen molar-refractivity contribution < 1.29 is 110 Å². The number of Topliss-reactive ketones (excluding diaryl/α,β-unsaturated/α-hetero) is 1. The summed E-state index contributed by atoms with van der Waals surface area (Å²) in [6.45, 7) is 0. The molecule has 75 heavy (non-hydrogen) atoms. The van der Waals surface area contributed by atoms with Gasteiger partial charge in [-0.3, -0.25) is 4.79 Å². The minimum atomic E-state index is -6.13. The molecular weight excluding hydrogens is 1110 g/mol. The lowest BCUT2D eigenvalue weighted by molar-refractivity contribution is -0.144. The molecule has 0 aliphatic rings. The fraction of sp³-hybridized carbons (Fsp3) is 0.213. The van der Waals surface area contributed by atoms with E-state index >= 15 is 0 Å². The van der Waals surface area contributed by atoms with Gasteiger partial charge in [-0.15, -0.1) is 0 Å². The summed E-state index contributed by atoms with van der Waals surface area (Å²) in [6, 6.07) is 8.33. The summed E-state index contributed by atoms with van der Waals surface area (Å²) < 4.78 is 341. The maximum atomic E-state index is 14.2. The SMILES string of the molecule is C[S+](CC(=O)c1ccccc1)c1cccc(Cl)c1.FC(F)(F)c1cc([B-](c2cc(C(F)(F)F)cc(C(F)(F)F)c2)(c2cc(C(F)(F)F)cc(C(F)(F)F)c2)c2cc(C(F)(F)F)cc(C(F)(F)F)c2)cc(C(F)(F)F)c1. The van der Waals surface area contributed by atoms with Crippen molar-refractivity contribution in [2.75, 3.05) is 12.0 Å². The summed E-state index contributed by atoms with van der Waals surface area (Å²) >= 11 is 5.96. The maximum Gasteiger partial charge on any atom is 0.416 e. The maximum absolute atomic E-state index is 14.2. The Labute approximate surface area is 414 Å². The molecule has 0 aliphatic carbocycles.